The van der Waals surface area contributed by atoms with Crippen molar-refractivity contribution in [3.05, 3.63) is 17.9 Å². The molecule has 4 rings (SSSR count). The summed E-state index contributed by atoms with van der Waals surface area (Å²) in [6.07, 6.45) is -2.32. The Kier molecular flexibility index (Phi) is 5.67. The van der Waals surface area contributed by atoms with E-state index in [9.17, 15) is 22.0 Å². The van der Waals surface area contributed by atoms with Crippen LogP contribution in [0.5, 0.6) is 0 Å². The van der Waals surface area contributed by atoms with Gasteiger partial charge in [0.25, 0.3) is 0 Å². The van der Waals surface area contributed by atoms with Crippen LogP contribution in [0.15, 0.2) is 22.0 Å². The van der Waals surface area contributed by atoms with Gasteiger partial charge in [-0.2, -0.15) is 13.2 Å². The van der Waals surface area contributed by atoms with Gasteiger partial charge in [-0.15, -0.1) is 0 Å². The van der Waals surface area contributed by atoms with Crippen molar-refractivity contribution in [2.45, 2.75) is 61.8 Å². The van der Waals surface area contributed by atoms with Gasteiger partial charge >= 0.3 is 6.18 Å². The molecule has 2 N–H and O–H groups in total. The third kappa shape index (κ3) is 4.47. The molecule has 2 heterocycles. The molecular formula is C19H23F5N4S. The molecule has 1 aliphatic carbocycles. The molecule has 0 amide bonds. The van der Waals surface area contributed by atoms with Crippen molar-refractivity contribution in [2.75, 3.05) is 18.1 Å². The monoisotopic (exact) mass is 434 g/mol. The zero-order valence-electron chi connectivity index (χ0n) is 15.9. The van der Waals surface area contributed by atoms with Crippen LogP contribution in [0.3, 0.4) is 0 Å². The molecule has 2 aliphatic heterocycles. The summed E-state index contributed by atoms with van der Waals surface area (Å²) in [5, 5.41) is 2.93. The number of nitrogens with zero attached hydrogens (tertiary/aromatic N) is 2. The zero-order chi connectivity index (χ0) is 20.8. The molecule has 0 unspecified atom stereocenters. The Morgan fingerprint density at radius 1 is 1.31 bits per heavy atom. The largest absolute Gasteiger partial charge is 0.408 e. The van der Waals surface area contributed by atoms with Crippen LogP contribution < -0.4 is 14.9 Å². The second kappa shape index (κ2) is 7.94. The molecule has 3 atom stereocenters. The summed E-state index contributed by atoms with van der Waals surface area (Å²) in [4.78, 5) is 6.27. The lowest BCUT2D eigenvalue weighted by Gasteiger charge is -2.43. The molecule has 0 spiro atoms. The van der Waals surface area contributed by atoms with Crippen molar-refractivity contribution in [2.24, 2.45) is 10.9 Å². The standard InChI is InChI=1S/C19H23F5N4S/c1-10(9-20)25-13-4-5-28(16(8-13)19(22,23)24)14-6-12(21)7-15-17(14)26-18(27-29-15)11-2-3-11/h6-7,10-11,13,16,25H,2-5,8-9H2,1H3,(H,26,27)/t10-,13+,16-/m0/s1. The minimum atomic E-state index is -4.50. The Morgan fingerprint density at radius 2 is 2.07 bits per heavy atom. The Morgan fingerprint density at radius 3 is 2.72 bits per heavy atom. The molecule has 1 saturated heterocycles. The normalized spacial score (nSPS) is 25.9. The Labute approximate surface area is 170 Å². The molecule has 0 aromatic heterocycles. The summed E-state index contributed by atoms with van der Waals surface area (Å²) in [6, 6.07) is -0.296. The second-order valence-corrected chi connectivity index (χ2v) is 8.79. The van der Waals surface area contributed by atoms with Crippen LogP contribution in [0.1, 0.15) is 32.6 Å². The van der Waals surface area contributed by atoms with Crippen molar-refractivity contribution in [1.29, 1.82) is 0 Å². The summed E-state index contributed by atoms with van der Waals surface area (Å²) in [5.74, 6) is 0.446. The highest BCUT2D eigenvalue weighted by molar-refractivity contribution is 7.98. The van der Waals surface area contributed by atoms with E-state index in [4.69, 9.17) is 0 Å². The van der Waals surface area contributed by atoms with Gasteiger partial charge in [0.2, 0.25) is 0 Å². The molecule has 1 aromatic rings. The van der Waals surface area contributed by atoms with Gasteiger partial charge in [0.1, 0.15) is 30.1 Å². The summed E-state index contributed by atoms with van der Waals surface area (Å²) < 4.78 is 71.9. The average molecular weight is 434 g/mol. The molecule has 3 aliphatic rings. The summed E-state index contributed by atoms with van der Waals surface area (Å²) in [7, 11) is 0. The first kappa shape index (κ1) is 20.7. The molecule has 10 heteroatoms. The van der Waals surface area contributed by atoms with Gasteiger partial charge in [0, 0.05) is 24.5 Å². The number of fused-ring (bicyclic) bond motifs is 1. The van der Waals surface area contributed by atoms with Gasteiger partial charge in [0.15, 0.2) is 0 Å². The predicted molar refractivity (Wildman–Crippen MR) is 104 cm³/mol. The van der Waals surface area contributed by atoms with E-state index in [1.54, 1.807) is 6.92 Å². The van der Waals surface area contributed by atoms with Crippen LogP contribution >= 0.6 is 11.9 Å². The number of alkyl halides is 4. The first-order valence-corrected chi connectivity index (χ1v) is 10.6. The first-order chi connectivity index (χ1) is 13.8. The van der Waals surface area contributed by atoms with Crippen molar-refractivity contribution in [1.82, 2.24) is 10.0 Å². The topological polar surface area (TPSA) is 39.7 Å². The lowest BCUT2D eigenvalue weighted by molar-refractivity contribution is -0.154. The van der Waals surface area contributed by atoms with Crippen LogP contribution in [-0.2, 0) is 0 Å². The van der Waals surface area contributed by atoms with Gasteiger partial charge in [-0.1, -0.05) is 0 Å². The van der Waals surface area contributed by atoms with Crippen LogP contribution in [-0.4, -0.2) is 43.4 Å². The average Bonchev–Trinajstić information content (AvgIpc) is 3.51. The van der Waals surface area contributed by atoms with E-state index >= 15 is 0 Å². The lowest BCUT2D eigenvalue weighted by Crippen LogP contribution is -2.56. The maximum atomic E-state index is 14.2. The Bertz CT molecular complexity index is 796. The number of aliphatic imine (C=N–C) groups is 1. The third-order valence-electron chi connectivity index (χ3n) is 5.52. The van der Waals surface area contributed by atoms with E-state index in [-0.39, 0.29) is 18.7 Å². The smallest absolute Gasteiger partial charge is 0.358 e. The van der Waals surface area contributed by atoms with Crippen LogP contribution in [0, 0.1) is 11.7 Å². The van der Waals surface area contributed by atoms with Gasteiger partial charge in [0.05, 0.1) is 10.6 Å². The Balaban J connectivity index is 1.67. The lowest BCUT2D eigenvalue weighted by atomic mass is 9.95. The van der Waals surface area contributed by atoms with Gasteiger partial charge in [-0.3, -0.25) is 0 Å². The fourth-order valence-electron chi connectivity index (χ4n) is 3.91. The van der Waals surface area contributed by atoms with E-state index in [1.807, 2.05) is 0 Å². The van der Waals surface area contributed by atoms with Crippen molar-refractivity contribution in [3.8, 4) is 0 Å². The van der Waals surface area contributed by atoms with Crippen LogP contribution in [0.25, 0.3) is 0 Å². The summed E-state index contributed by atoms with van der Waals surface area (Å²) in [6.45, 7) is 1.05. The maximum Gasteiger partial charge on any atom is 0.408 e. The summed E-state index contributed by atoms with van der Waals surface area (Å²) >= 11 is 1.20. The fraction of sp³-hybridized carbons (Fsp3) is 0.632. The molecule has 4 nitrogen and oxygen atoms in total. The molecule has 160 valence electrons. The molecule has 1 saturated carbocycles. The number of halogens is 5. The van der Waals surface area contributed by atoms with E-state index in [0.717, 1.165) is 24.7 Å². The van der Waals surface area contributed by atoms with E-state index < -0.39 is 36.8 Å². The second-order valence-electron chi connectivity index (χ2n) is 7.94. The molecule has 2 fully saturated rings. The quantitative estimate of drug-likeness (QED) is 0.520. The molecule has 29 heavy (non-hydrogen) atoms. The van der Waals surface area contributed by atoms with E-state index in [1.165, 1.54) is 22.9 Å². The van der Waals surface area contributed by atoms with E-state index in [2.05, 4.69) is 15.0 Å². The number of amidine groups is 1. The predicted octanol–water partition coefficient (Wildman–Crippen LogP) is 4.72. The number of rotatable bonds is 5. The molecule has 0 radical (unpaired) electrons. The SMILES string of the molecule is C[C@@H](CF)N[C@@H]1CCN(c2cc(F)cc3c2N=C(C2CC2)NS3)[C@H](C(F)(F)F)C1. The molecule has 0 bridgehead atoms. The molecule has 1 aromatic carbocycles. The van der Waals surface area contributed by atoms with E-state index in [0.29, 0.717) is 22.9 Å². The molecular weight excluding hydrogens is 411 g/mol. The number of benzene rings is 1. The van der Waals surface area contributed by atoms with Crippen LogP contribution in [0.2, 0.25) is 0 Å². The van der Waals surface area contributed by atoms with Crippen molar-refractivity contribution < 1.29 is 22.0 Å². The first-order valence-electron chi connectivity index (χ1n) is 9.76. The number of nitrogens with one attached hydrogen (secondary N) is 2. The number of hydrogen-bond donors (Lipinski definition) is 2. The van der Waals surface area contributed by atoms with Crippen molar-refractivity contribution >= 4 is 29.2 Å². The third-order valence-corrected chi connectivity index (χ3v) is 6.37. The van der Waals surface area contributed by atoms with Gasteiger partial charge in [-0.25, -0.2) is 13.8 Å². The van der Waals surface area contributed by atoms with Crippen molar-refractivity contribution in [3.63, 3.8) is 0 Å². The number of anilines is 1. The highest BCUT2D eigenvalue weighted by atomic mass is 32.2. The van der Waals surface area contributed by atoms with Gasteiger partial charge in [-0.05, 0) is 56.7 Å². The highest BCUT2D eigenvalue weighted by Gasteiger charge is 2.48. The summed E-state index contributed by atoms with van der Waals surface area (Å²) in [5.41, 5.74) is 0.571. The zero-order valence-corrected chi connectivity index (χ0v) is 16.7. The number of hydrogen-bond acceptors (Lipinski definition) is 5. The Hall–Kier alpha value is -1.55. The van der Waals surface area contributed by atoms with Gasteiger partial charge < -0.3 is 14.9 Å². The van der Waals surface area contributed by atoms with Crippen LogP contribution in [0.4, 0.5) is 33.3 Å². The minimum Gasteiger partial charge on any atom is -0.358 e. The maximum absolute atomic E-state index is 14.2. The number of piperidine rings is 1. The minimum absolute atomic E-state index is 0.0864. The fourth-order valence-corrected chi connectivity index (χ4v) is 4.76. The highest BCUT2D eigenvalue weighted by Crippen LogP contribution is 2.46.